The lowest BCUT2D eigenvalue weighted by Crippen LogP contribution is -2.36. The number of hydrogen-bond donors (Lipinski definition) is 1. The Morgan fingerprint density at radius 3 is 2.75 bits per heavy atom. The molecule has 0 spiro atoms. The molecule has 2 nitrogen and oxygen atoms in total. The van der Waals surface area contributed by atoms with Crippen LogP contribution in [0, 0.1) is 26.7 Å². The van der Waals surface area contributed by atoms with E-state index in [0.29, 0.717) is 6.04 Å². The lowest BCUT2D eigenvalue weighted by Gasteiger charge is -2.27. The Morgan fingerprint density at radius 1 is 1.20 bits per heavy atom. The van der Waals surface area contributed by atoms with Crippen LogP contribution in [0.25, 0.3) is 0 Å². The molecule has 0 aliphatic heterocycles. The highest BCUT2D eigenvalue weighted by Gasteiger charge is 2.17. The van der Waals surface area contributed by atoms with Gasteiger partial charge in [-0.05, 0) is 62.3 Å². The first kappa shape index (κ1) is 15.4. The van der Waals surface area contributed by atoms with Crippen molar-refractivity contribution in [2.24, 2.45) is 5.92 Å². The van der Waals surface area contributed by atoms with Crippen molar-refractivity contribution >= 4 is 0 Å². The van der Waals surface area contributed by atoms with Crippen LogP contribution < -0.4 is 10.1 Å². The highest BCUT2D eigenvalue weighted by Crippen LogP contribution is 2.24. The van der Waals surface area contributed by atoms with E-state index < -0.39 is 0 Å². The molecule has 2 rings (SSSR count). The summed E-state index contributed by atoms with van der Waals surface area (Å²) in [7, 11) is 0. The molecule has 1 fully saturated rings. The van der Waals surface area contributed by atoms with Crippen LogP contribution in [0.1, 0.15) is 49.3 Å². The van der Waals surface area contributed by atoms with E-state index in [4.69, 9.17) is 4.74 Å². The van der Waals surface area contributed by atoms with Crippen LogP contribution in [0.15, 0.2) is 12.1 Å². The molecular weight excluding hydrogens is 246 g/mol. The Labute approximate surface area is 123 Å². The summed E-state index contributed by atoms with van der Waals surface area (Å²) in [5, 5.41) is 3.65. The molecule has 0 saturated heterocycles. The molecule has 0 aromatic heterocycles. The zero-order valence-corrected chi connectivity index (χ0v) is 13.5. The van der Waals surface area contributed by atoms with Crippen LogP contribution in [0.5, 0.6) is 5.75 Å². The number of aryl methyl sites for hydroxylation is 2. The predicted molar refractivity (Wildman–Crippen MR) is 85.6 cm³/mol. The molecule has 1 aliphatic carbocycles. The van der Waals surface area contributed by atoms with Crippen LogP contribution in [0.4, 0.5) is 0 Å². The minimum absolute atomic E-state index is 0.697. The third-order valence-electron chi connectivity index (χ3n) is 4.49. The van der Waals surface area contributed by atoms with Gasteiger partial charge in [0.15, 0.2) is 0 Å². The van der Waals surface area contributed by atoms with Gasteiger partial charge >= 0.3 is 0 Å². The molecule has 1 aliphatic rings. The number of benzene rings is 1. The molecule has 0 amide bonds. The molecule has 1 N–H and O–H groups in total. The molecule has 0 bridgehead atoms. The van der Waals surface area contributed by atoms with Crippen molar-refractivity contribution in [3.63, 3.8) is 0 Å². The summed E-state index contributed by atoms with van der Waals surface area (Å²) >= 11 is 0. The van der Waals surface area contributed by atoms with Crippen molar-refractivity contribution in [2.75, 3.05) is 13.2 Å². The standard InChI is InChI=1S/C18H29NO/c1-13-6-5-7-17(11-13)19-8-9-20-18-12-14(2)10-15(3)16(18)4/h10,12-13,17,19H,5-9,11H2,1-4H3. The molecule has 0 radical (unpaired) electrons. The molecule has 112 valence electrons. The molecule has 2 heteroatoms. The summed E-state index contributed by atoms with van der Waals surface area (Å²) in [5.74, 6) is 1.92. The van der Waals surface area contributed by atoms with Crippen LogP contribution in [-0.4, -0.2) is 19.2 Å². The Bertz CT molecular complexity index is 441. The van der Waals surface area contributed by atoms with Gasteiger partial charge in [-0.1, -0.05) is 25.8 Å². The molecule has 0 heterocycles. The maximum Gasteiger partial charge on any atom is 0.122 e. The van der Waals surface area contributed by atoms with E-state index in [1.807, 2.05) is 0 Å². The van der Waals surface area contributed by atoms with Gasteiger partial charge < -0.3 is 10.1 Å². The van der Waals surface area contributed by atoms with Gasteiger partial charge in [0.2, 0.25) is 0 Å². The Morgan fingerprint density at radius 2 is 2.00 bits per heavy atom. The van der Waals surface area contributed by atoms with Gasteiger partial charge in [0.1, 0.15) is 12.4 Å². The normalized spacial score (nSPS) is 22.8. The number of hydrogen-bond acceptors (Lipinski definition) is 2. The predicted octanol–water partition coefficient (Wildman–Crippen LogP) is 4.16. The first-order chi connectivity index (χ1) is 9.56. The molecule has 2 unspecified atom stereocenters. The minimum Gasteiger partial charge on any atom is -0.492 e. The van der Waals surface area contributed by atoms with Crippen molar-refractivity contribution < 1.29 is 4.74 Å². The van der Waals surface area contributed by atoms with E-state index in [0.717, 1.165) is 24.8 Å². The molecule has 1 saturated carbocycles. The van der Waals surface area contributed by atoms with Crippen LogP contribution in [0.2, 0.25) is 0 Å². The smallest absolute Gasteiger partial charge is 0.122 e. The van der Waals surface area contributed by atoms with Gasteiger partial charge in [-0.25, -0.2) is 0 Å². The van der Waals surface area contributed by atoms with Gasteiger partial charge in [0, 0.05) is 12.6 Å². The first-order valence-electron chi connectivity index (χ1n) is 8.00. The van der Waals surface area contributed by atoms with E-state index in [1.54, 1.807) is 0 Å². The monoisotopic (exact) mass is 275 g/mol. The average Bonchev–Trinajstić information content (AvgIpc) is 2.40. The zero-order chi connectivity index (χ0) is 14.5. The van der Waals surface area contributed by atoms with Crippen molar-refractivity contribution in [1.29, 1.82) is 0 Å². The minimum atomic E-state index is 0.697. The van der Waals surface area contributed by atoms with Gasteiger partial charge in [-0.2, -0.15) is 0 Å². The number of nitrogens with one attached hydrogen (secondary N) is 1. The van der Waals surface area contributed by atoms with Gasteiger partial charge in [0.25, 0.3) is 0 Å². The average molecular weight is 275 g/mol. The van der Waals surface area contributed by atoms with E-state index in [1.165, 1.54) is 42.4 Å². The summed E-state index contributed by atoms with van der Waals surface area (Å²) in [6.45, 7) is 10.5. The van der Waals surface area contributed by atoms with E-state index in [9.17, 15) is 0 Å². The highest BCUT2D eigenvalue weighted by molar-refractivity contribution is 5.41. The quantitative estimate of drug-likeness (QED) is 0.815. The van der Waals surface area contributed by atoms with Crippen molar-refractivity contribution in [1.82, 2.24) is 5.32 Å². The number of rotatable bonds is 5. The van der Waals surface area contributed by atoms with E-state index in [-0.39, 0.29) is 0 Å². The Balaban J connectivity index is 1.76. The maximum atomic E-state index is 5.95. The van der Waals surface area contributed by atoms with Crippen LogP contribution >= 0.6 is 0 Å². The maximum absolute atomic E-state index is 5.95. The summed E-state index contributed by atoms with van der Waals surface area (Å²) in [5.41, 5.74) is 3.85. The molecule has 20 heavy (non-hydrogen) atoms. The van der Waals surface area contributed by atoms with Gasteiger partial charge in [-0.15, -0.1) is 0 Å². The molecular formula is C18H29NO. The summed E-state index contributed by atoms with van der Waals surface area (Å²) in [6.07, 6.45) is 5.42. The molecule has 1 aromatic carbocycles. The van der Waals surface area contributed by atoms with E-state index >= 15 is 0 Å². The lowest BCUT2D eigenvalue weighted by atomic mass is 9.87. The van der Waals surface area contributed by atoms with Crippen molar-refractivity contribution in [3.05, 3.63) is 28.8 Å². The lowest BCUT2D eigenvalue weighted by molar-refractivity contribution is 0.265. The van der Waals surface area contributed by atoms with Crippen LogP contribution in [-0.2, 0) is 0 Å². The third kappa shape index (κ3) is 4.24. The fraction of sp³-hybridized carbons (Fsp3) is 0.667. The Kier molecular flexibility index (Phi) is 5.47. The van der Waals surface area contributed by atoms with E-state index in [2.05, 4.69) is 45.1 Å². The van der Waals surface area contributed by atoms with Gasteiger partial charge in [-0.3, -0.25) is 0 Å². The molecule has 2 atom stereocenters. The summed E-state index contributed by atoms with van der Waals surface area (Å²) < 4.78 is 5.95. The SMILES string of the molecule is Cc1cc(C)c(C)c(OCCNC2CCCC(C)C2)c1. The highest BCUT2D eigenvalue weighted by atomic mass is 16.5. The second kappa shape index (κ2) is 7.12. The topological polar surface area (TPSA) is 21.3 Å². The zero-order valence-electron chi connectivity index (χ0n) is 13.5. The van der Waals surface area contributed by atoms with Crippen molar-refractivity contribution in [3.8, 4) is 5.75 Å². The van der Waals surface area contributed by atoms with Crippen LogP contribution in [0.3, 0.4) is 0 Å². The second-order valence-corrected chi connectivity index (χ2v) is 6.48. The number of ether oxygens (including phenoxy) is 1. The Hall–Kier alpha value is -1.02. The fourth-order valence-electron chi connectivity index (χ4n) is 3.19. The largest absolute Gasteiger partial charge is 0.492 e. The van der Waals surface area contributed by atoms with Crippen molar-refractivity contribution in [2.45, 2.75) is 59.4 Å². The summed E-state index contributed by atoms with van der Waals surface area (Å²) in [6, 6.07) is 5.05. The van der Waals surface area contributed by atoms with Gasteiger partial charge in [0.05, 0.1) is 0 Å². The molecule has 1 aromatic rings. The third-order valence-corrected chi connectivity index (χ3v) is 4.49. The first-order valence-corrected chi connectivity index (χ1v) is 8.00. The fourth-order valence-corrected chi connectivity index (χ4v) is 3.19. The second-order valence-electron chi connectivity index (χ2n) is 6.48. The summed E-state index contributed by atoms with van der Waals surface area (Å²) in [4.78, 5) is 0.